The Kier molecular flexibility index (Phi) is 4.39. The highest BCUT2D eigenvalue weighted by Crippen LogP contribution is 2.32. The Bertz CT molecular complexity index is 867. The van der Waals surface area contributed by atoms with Gasteiger partial charge in [-0.2, -0.15) is 0 Å². The minimum absolute atomic E-state index is 0.118. The number of hydrogen-bond acceptors (Lipinski definition) is 4. The van der Waals surface area contributed by atoms with E-state index in [9.17, 15) is 14.4 Å². The van der Waals surface area contributed by atoms with E-state index in [1.807, 2.05) is 24.3 Å². The Morgan fingerprint density at radius 3 is 2.24 bits per heavy atom. The van der Waals surface area contributed by atoms with Crippen LogP contribution in [0.4, 0.5) is 5.69 Å². The first-order chi connectivity index (χ1) is 11.7. The molecule has 6 heteroatoms. The molecule has 0 fully saturated rings. The lowest BCUT2D eigenvalue weighted by Gasteiger charge is -2.17. The van der Waals surface area contributed by atoms with E-state index in [1.54, 1.807) is 11.8 Å². The average Bonchev–Trinajstić information content (AvgIpc) is 2.82. The first kappa shape index (κ1) is 17.2. The molecule has 2 aromatic carbocycles. The summed E-state index contributed by atoms with van der Waals surface area (Å²) >= 11 is 1.75. The Morgan fingerprint density at radius 1 is 0.960 bits per heavy atom. The summed E-state index contributed by atoms with van der Waals surface area (Å²) in [5.41, 5.74) is 1.53. The van der Waals surface area contributed by atoms with E-state index >= 15 is 0 Å². The van der Waals surface area contributed by atoms with Gasteiger partial charge in [-0.15, -0.1) is 11.8 Å². The van der Waals surface area contributed by atoms with Crippen molar-refractivity contribution in [1.29, 1.82) is 0 Å². The minimum Gasteiger partial charge on any atom is -0.322 e. The second-order valence-corrected chi connectivity index (χ2v) is 8.64. The SMILES string of the molecule is CC(C)(C)Sc1ccc(NC(=O)c2ccc3c(c2)C(=O)NC3=O)cc1. The summed E-state index contributed by atoms with van der Waals surface area (Å²) in [6, 6.07) is 12.1. The molecule has 5 nitrogen and oxygen atoms in total. The summed E-state index contributed by atoms with van der Waals surface area (Å²) in [6.45, 7) is 6.42. The lowest BCUT2D eigenvalue weighted by atomic mass is 10.1. The van der Waals surface area contributed by atoms with Crippen LogP contribution in [0.3, 0.4) is 0 Å². The van der Waals surface area contributed by atoms with Gasteiger partial charge >= 0.3 is 0 Å². The number of rotatable bonds is 3. The molecule has 0 saturated carbocycles. The van der Waals surface area contributed by atoms with Gasteiger partial charge in [0, 0.05) is 20.9 Å². The van der Waals surface area contributed by atoms with Gasteiger partial charge in [-0.05, 0) is 42.5 Å². The number of amides is 3. The maximum Gasteiger partial charge on any atom is 0.258 e. The normalized spacial score (nSPS) is 13.4. The van der Waals surface area contributed by atoms with E-state index in [4.69, 9.17) is 0 Å². The number of carbonyl (C=O) groups is 3. The number of nitrogens with one attached hydrogen (secondary N) is 2. The molecular formula is C19H18N2O3S. The third-order valence-electron chi connectivity index (χ3n) is 3.53. The second kappa shape index (κ2) is 6.37. The number of hydrogen-bond donors (Lipinski definition) is 2. The minimum atomic E-state index is -0.474. The number of benzene rings is 2. The van der Waals surface area contributed by atoms with Gasteiger partial charge in [0.15, 0.2) is 0 Å². The number of anilines is 1. The highest BCUT2D eigenvalue weighted by molar-refractivity contribution is 8.00. The number of fused-ring (bicyclic) bond motifs is 1. The van der Waals surface area contributed by atoms with Gasteiger partial charge in [0.05, 0.1) is 11.1 Å². The Morgan fingerprint density at radius 2 is 1.60 bits per heavy atom. The van der Waals surface area contributed by atoms with Crippen LogP contribution in [0.5, 0.6) is 0 Å². The Labute approximate surface area is 150 Å². The molecule has 0 radical (unpaired) electrons. The molecule has 0 bridgehead atoms. The molecule has 2 N–H and O–H groups in total. The van der Waals surface area contributed by atoms with Gasteiger partial charge in [-0.25, -0.2) is 0 Å². The largest absolute Gasteiger partial charge is 0.322 e. The van der Waals surface area contributed by atoms with Crippen LogP contribution in [0.25, 0.3) is 0 Å². The summed E-state index contributed by atoms with van der Waals surface area (Å²) in [6.07, 6.45) is 0. The van der Waals surface area contributed by atoms with Gasteiger partial charge < -0.3 is 5.32 Å². The monoisotopic (exact) mass is 354 g/mol. The standard InChI is InChI=1S/C19H18N2O3S/c1-19(2,3)25-13-7-5-12(6-8-13)20-16(22)11-4-9-14-15(10-11)18(24)21-17(14)23/h4-10H,1-3H3,(H,20,22)(H,21,23,24). The smallest absolute Gasteiger partial charge is 0.258 e. The van der Waals surface area contributed by atoms with E-state index in [-0.39, 0.29) is 16.2 Å². The molecule has 3 amide bonds. The molecule has 0 aromatic heterocycles. The fraction of sp³-hybridized carbons (Fsp3) is 0.211. The van der Waals surface area contributed by atoms with Crippen molar-refractivity contribution in [3.8, 4) is 0 Å². The molecule has 3 rings (SSSR count). The van der Waals surface area contributed by atoms with Crippen molar-refractivity contribution < 1.29 is 14.4 Å². The van der Waals surface area contributed by atoms with Gasteiger partial charge in [0.25, 0.3) is 17.7 Å². The van der Waals surface area contributed by atoms with Crippen molar-refractivity contribution in [2.45, 2.75) is 30.4 Å². The van der Waals surface area contributed by atoms with Crippen LogP contribution in [0.1, 0.15) is 51.8 Å². The first-order valence-corrected chi connectivity index (χ1v) is 8.65. The van der Waals surface area contributed by atoms with Crippen molar-refractivity contribution in [3.05, 3.63) is 59.2 Å². The van der Waals surface area contributed by atoms with E-state index in [2.05, 4.69) is 31.4 Å². The number of thioether (sulfide) groups is 1. The molecule has 128 valence electrons. The van der Waals surface area contributed by atoms with Crippen molar-refractivity contribution in [3.63, 3.8) is 0 Å². The predicted molar refractivity (Wildman–Crippen MR) is 98.2 cm³/mol. The third-order valence-corrected chi connectivity index (χ3v) is 4.65. The molecule has 1 heterocycles. The topological polar surface area (TPSA) is 75.3 Å². The van der Waals surface area contributed by atoms with Crippen LogP contribution >= 0.6 is 11.8 Å². The van der Waals surface area contributed by atoms with Crippen molar-refractivity contribution >= 4 is 35.2 Å². The first-order valence-electron chi connectivity index (χ1n) is 7.83. The molecule has 25 heavy (non-hydrogen) atoms. The van der Waals surface area contributed by atoms with Crippen molar-refractivity contribution in [2.75, 3.05) is 5.32 Å². The molecule has 0 aliphatic carbocycles. The fourth-order valence-electron chi connectivity index (χ4n) is 2.47. The van der Waals surface area contributed by atoms with Crippen LogP contribution in [-0.4, -0.2) is 22.5 Å². The summed E-state index contributed by atoms with van der Waals surface area (Å²) in [4.78, 5) is 36.7. The molecule has 1 aliphatic heterocycles. The maximum atomic E-state index is 12.4. The van der Waals surface area contributed by atoms with E-state index in [0.717, 1.165) is 4.90 Å². The van der Waals surface area contributed by atoms with Crippen LogP contribution < -0.4 is 10.6 Å². The van der Waals surface area contributed by atoms with Crippen LogP contribution in [0.15, 0.2) is 47.4 Å². The lowest BCUT2D eigenvalue weighted by molar-refractivity contribution is 0.0879. The van der Waals surface area contributed by atoms with Crippen LogP contribution in [-0.2, 0) is 0 Å². The molecule has 0 atom stereocenters. The molecule has 1 aliphatic rings. The third kappa shape index (κ3) is 3.91. The Hall–Kier alpha value is -2.60. The zero-order valence-electron chi connectivity index (χ0n) is 14.2. The van der Waals surface area contributed by atoms with E-state index in [1.165, 1.54) is 18.2 Å². The fourth-order valence-corrected chi connectivity index (χ4v) is 3.45. The highest BCUT2D eigenvalue weighted by Gasteiger charge is 2.27. The summed E-state index contributed by atoms with van der Waals surface area (Å²) < 4.78 is 0.118. The van der Waals surface area contributed by atoms with Gasteiger partial charge in [-0.1, -0.05) is 20.8 Å². The number of carbonyl (C=O) groups excluding carboxylic acids is 3. The summed E-state index contributed by atoms with van der Waals surface area (Å²) in [5.74, 6) is -1.23. The van der Waals surface area contributed by atoms with Crippen molar-refractivity contribution in [1.82, 2.24) is 5.32 Å². The maximum absolute atomic E-state index is 12.4. The zero-order valence-corrected chi connectivity index (χ0v) is 15.0. The zero-order chi connectivity index (χ0) is 18.2. The molecule has 0 unspecified atom stereocenters. The highest BCUT2D eigenvalue weighted by atomic mass is 32.2. The predicted octanol–water partition coefficient (Wildman–Crippen LogP) is 3.71. The molecule has 2 aromatic rings. The van der Waals surface area contributed by atoms with Gasteiger partial charge in [0.2, 0.25) is 0 Å². The van der Waals surface area contributed by atoms with E-state index < -0.39 is 11.8 Å². The molecular weight excluding hydrogens is 336 g/mol. The van der Waals surface area contributed by atoms with Gasteiger partial charge in [-0.3, -0.25) is 19.7 Å². The molecule has 0 spiro atoms. The quantitative estimate of drug-likeness (QED) is 0.651. The summed E-state index contributed by atoms with van der Waals surface area (Å²) in [5, 5.41) is 5.01. The average molecular weight is 354 g/mol. The van der Waals surface area contributed by atoms with Gasteiger partial charge in [0.1, 0.15) is 0 Å². The van der Waals surface area contributed by atoms with Crippen LogP contribution in [0, 0.1) is 0 Å². The summed E-state index contributed by atoms with van der Waals surface area (Å²) in [7, 11) is 0. The van der Waals surface area contributed by atoms with Crippen LogP contribution in [0.2, 0.25) is 0 Å². The lowest BCUT2D eigenvalue weighted by Crippen LogP contribution is -2.19. The van der Waals surface area contributed by atoms with E-state index in [0.29, 0.717) is 16.8 Å². The number of imide groups is 1. The Balaban J connectivity index is 1.74. The van der Waals surface area contributed by atoms with Crippen molar-refractivity contribution in [2.24, 2.45) is 0 Å². The molecule has 0 saturated heterocycles. The second-order valence-electron chi connectivity index (χ2n) is 6.74.